The number of aliphatic hydroxyl groups excluding tert-OH is 1. The molecule has 1 amide bonds. The lowest BCUT2D eigenvalue weighted by atomic mass is 9.64. The molecular weight excluding hydrogens is 722 g/mol. The normalized spacial score (nSPS) is 39.4. The van der Waals surface area contributed by atoms with Crippen LogP contribution in [0.2, 0.25) is 0 Å². The zero-order chi connectivity index (χ0) is 40.7. The number of ether oxygens (including phenoxy) is 5. The third kappa shape index (κ3) is 7.64. The first kappa shape index (κ1) is 41.9. The van der Waals surface area contributed by atoms with Gasteiger partial charge in [-0.05, 0) is 79.0 Å². The van der Waals surface area contributed by atoms with Crippen molar-refractivity contribution < 1.29 is 48.0 Å². The smallest absolute Gasteiger partial charge is 0.411 e. The van der Waals surface area contributed by atoms with Gasteiger partial charge in [0.25, 0.3) is 0 Å². The van der Waals surface area contributed by atoms with Crippen molar-refractivity contribution in [1.29, 1.82) is 0 Å². The minimum Gasteiger partial charge on any atom is -0.458 e. The van der Waals surface area contributed by atoms with Crippen molar-refractivity contribution in [2.75, 3.05) is 14.2 Å². The molecule has 14 atom stereocenters. The third-order valence-corrected chi connectivity index (χ3v) is 12.9. The fourth-order valence-corrected chi connectivity index (χ4v) is 9.64. The molecule has 0 aromatic carbocycles. The molecule has 4 aliphatic rings. The van der Waals surface area contributed by atoms with E-state index in [0.717, 1.165) is 11.3 Å². The van der Waals surface area contributed by atoms with E-state index in [4.69, 9.17) is 23.7 Å². The number of amides is 1. The number of carbonyl (C=O) groups is 4. The maximum atomic E-state index is 14.9. The molecule has 6 heterocycles. The number of rotatable bonds is 10. The summed E-state index contributed by atoms with van der Waals surface area (Å²) < 4.78 is 33.0. The van der Waals surface area contributed by atoms with Crippen LogP contribution in [0.4, 0.5) is 4.79 Å². The van der Waals surface area contributed by atoms with Crippen LogP contribution in [0, 0.1) is 23.7 Å². The van der Waals surface area contributed by atoms with Crippen molar-refractivity contribution in [3.05, 3.63) is 37.1 Å². The average molecular weight is 782 g/mol. The standard InChI is InChI=1S/C41H59N5O10/c1-10-30-41(7)35-31(29(46(35)39(51)56-41)14-12-16-45-20-28(44-21-45)26-13-11-15-43-19-26)32(47)22(2)18-40(6,52-9)36(24(4)33(48)25(5)37(50)54-30)55-38-34(49)27(42-8)17-23(3)53-38/h11,13,15,19-25,27,29-31,34-36,38,42,49H,10,12,14,16-18H2,1-9H3/t22-,23-,24+,25-,27+,29?,30-,31+,34-,35?,36-,38+,40-,41-/m1/s1. The van der Waals surface area contributed by atoms with Gasteiger partial charge in [0.05, 0.1) is 41.8 Å². The second-order valence-electron chi connectivity index (χ2n) is 16.6. The molecule has 15 nitrogen and oxygen atoms in total. The maximum Gasteiger partial charge on any atom is 0.411 e. The molecule has 4 fully saturated rings. The number of hydrogen-bond acceptors (Lipinski definition) is 13. The number of imidazole rings is 1. The van der Waals surface area contributed by atoms with E-state index in [1.165, 1.54) is 14.0 Å². The van der Waals surface area contributed by atoms with E-state index in [2.05, 4.69) is 15.3 Å². The van der Waals surface area contributed by atoms with Gasteiger partial charge in [0.1, 0.15) is 23.9 Å². The number of Topliss-reactive ketones (excluding diaryl/α,β-unsaturated/α-hetero) is 2. The Bertz CT molecular complexity index is 1740. The van der Waals surface area contributed by atoms with Crippen molar-refractivity contribution in [1.82, 2.24) is 24.8 Å². The fraction of sp³-hybridized carbons (Fsp3) is 0.707. The van der Waals surface area contributed by atoms with Gasteiger partial charge in [-0.25, -0.2) is 9.78 Å². The van der Waals surface area contributed by atoms with E-state index in [1.807, 2.05) is 43.7 Å². The van der Waals surface area contributed by atoms with E-state index in [-0.39, 0.29) is 30.8 Å². The fourth-order valence-electron chi connectivity index (χ4n) is 9.64. The van der Waals surface area contributed by atoms with Crippen molar-refractivity contribution in [3.63, 3.8) is 0 Å². The van der Waals surface area contributed by atoms with Crippen LogP contribution in [0.1, 0.15) is 80.6 Å². The predicted molar refractivity (Wildman–Crippen MR) is 203 cm³/mol. The maximum absolute atomic E-state index is 14.9. The number of cyclic esters (lactones) is 1. The summed E-state index contributed by atoms with van der Waals surface area (Å²) in [7, 11) is 3.25. The summed E-state index contributed by atoms with van der Waals surface area (Å²) in [4.78, 5) is 67.0. The molecule has 6 rings (SSSR count). The molecule has 2 aromatic rings. The Morgan fingerprint density at radius 3 is 2.52 bits per heavy atom. The summed E-state index contributed by atoms with van der Waals surface area (Å²) in [6, 6.07) is 2.32. The SMILES string of the molecule is CC[C@H]1OC(=O)[C@H](C)C(=O)[C@H](C)[C@@H](O[C@@H]2O[C@H](C)C[C@H](NC)[C@H]2O)[C@](C)(OC)C[C@@H](C)C(=O)[C@@H]2C(CCCn3cnc(-c4cccnc4)c3)N3C(=O)O[C@@]1(C)C23. The average Bonchev–Trinajstić information content (AvgIpc) is 3.74. The molecule has 2 unspecified atom stereocenters. The molecule has 0 aliphatic carbocycles. The van der Waals surface area contributed by atoms with E-state index < -0.39 is 89.4 Å². The summed E-state index contributed by atoms with van der Waals surface area (Å²) >= 11 is 0. The molecule has 0 spiro atoms. The Morgan fingerprint density at radius 1 is 1.11 bits per heavy atom. The summed E-state index contributed by atoms with van der Waals surface area (Å²) in [6.07, 6.45) is 4.33. The van der Waals surface area contributed by atoms with E-state index >= 15 is 0 Å². The van der Waals surface area contributed by atoms with Crippen LogP contribution in [0.25, 0.3) is 11.3 Å². The summed E-state index contributed by atoms with van der Waals surface area (Å²) in [5, 5.41) is 14.4. The number of pyridine rings is 1. The van der Waals surface area contributed by atoms with Gasteiger partial charge in [-0.2, -0.15) is 0 Å². The van der Waals surface area contributed by atoms with Gasteiger partial charge in [0, 0.05) is 61.7 Å². The van der Waals surface area contributed by atoms with Gasteiger partial charge >= 0.3 is 12.1 Å². The Hall–Kier alpha value is -3.76. The van der Waals surface area contributed by atoms with Crippen molar-refractivity contribution in [2.45, 2.75) is 147 Å². The van der Waals surface area contributed by atoms with Crippen LogP contribution in [0.5, 0.6) is 0 Å². The number of esters is 1. The molecule has 15 heteroatoms. The number of methoxy groups -OCH3 is 1. The van der Waals surface area contributed by atoms with Crippen molar-refractivity contribution in [2.24, 2.45) is 23.7 Å². The van der Waals surface area contributed by atoms with Gasteiger partial charge in [0.2, 0.25) is 0 Å². The van der Waals surface area contributed by atoms with E-state index in [1.54, 1.807) is 51.4 Å². The number of hydrogen-bond donors (Lipinski definition) is 2. The lowest BCUT2D eigenvalue weighted by molar-refractivity contribution is -0.290. The summed E-state index contributed by atoms with van der Waals surface area (Å²) in [6.45, 7) is 12.8. The predicted octanol–water partition coefficient (Wildman–Crippen LogP) is 3.95. The third-order valence-electron chi connectivity index (χ3n) is 12.9. The van der Waals surface area contributed by atoms with Crippen LogP contribution in [0.15, 0.2) is 37.1 Å². The second-order valence-corrected chi connectivity index (χ2v) is 16.6. The Morgan fingerprint density at radius 2 is 1.86 bits per heavy atom. The highest BCUT2D eigenvalue weighted by Crippen LogP contribution is 2.52. The molecule has 4 aliphatic heterocycles. The van der Waals surface area contributed by atoms with Gasteiger partial charge in [-0.1, -0.05) is 20.8 Å². The Balaban J connectivity index is 1.31. The monoisotopic (exact) mass is 781 g/mol. The topological polar surface area (TPSA) is 181 Å². The Labute approximate surface area is 329 Å². The number of aromatic nitrogens is 3. The number of aryl methyl sites for hydroxylation is 1. The number of ketones is 2. The molecule has 0 bridgehead atoms. The highest BCUT2D eigenvalue weighted by molar-refractivity contribution is 6.00. The summed E-state index contributed by atoms with van der Waals surface area (Å²) in [5.74, 6) is -4.73. The molecule has 4 saturated heterocycles. The van der Waals surface area contributed by atoms with Gasteiger partial charge in [0.15, 0.2) is 17.7 Å². The zero-order valence-corrected chi connectivity index (χ0v) is 34.0. The molecule has 56 heavy (non-hydrogen) atoms. The largest absolute Gasteiger partial charge is 0.458 e. The molecule has 2 aromatic heterocycles. The number of carbonyl (C=O) groups excluding carboxylic acids is 4. The number of likely N-dealkylation sites (N-methyl/N-ethyl adjacent to an activating group) is 1. The van der Waals surface area contributed by atoms with Crippen LogP contribution >= 0.6 is 0 Å². The highest BCUT2D eigenvalue weighted by atomic mass is 16.7. The van der Waals surface area contributed by atoms with E-state index in [9.17, 15) is 24.3 Å². The van der Waals surface area contributed by atoms with E-state index in [0.29, 0.717) is 25.8 Å². The molecular formula is C41H59N5O10. The molecule has 2 N–H and O–H groups in total. The minimum absolute atomic E-state index is 0.0901. The van der Waals surface area contributed by atoms with Crippen LogP contribution in [-0.4, -0.2) is 122 Å². The van der Waals surface area contributed by atoms with Gasteiger partial charge < -0.3 is 38.7 Å². The first-order chi connectivity index (χ1) is 26.6. The lowest BCUT2D eigenvalue weighted by Crippen LogP contribution is -2.72. The quantitative estimate of drug-likeness (QED) is 0.262. The molecule has 0 saturated carbocycles. The minimum atomic E-state index is -1.34. The van der Waals surface area contributed by atoms with Gasteiger partial charge in [-0.15, -0.1) is 0 Å². The Kier molecular flexibility index (Phi) is 12.4. The zero-order valence-electron chi connectivity index (χ0n) is 34.0. The van der Waals surface area contributed by atoms with Crippen molar-refractivity contribution in [3.8, 4) is 11.3 Å². The van der Waals surface area contributed by atoms with Crippen molar-refractivity contribution >= 4 is 23.6 Å². The number of nitrogens with zero attached hydrogens (tertiary/aromatic N) is 4. The second kappa shape index (κ2) is 16.6. The first-order valence-corrected chi connectivity index (χ1v) is 20.0. The van der Waals surface area contributed by atoms with Crippen LogP contribution < -0.4 is 5.32 Å². The number of nitrogens with one attached hydrogen (secondary N) is 1. The molecule has 0 radical (unpaired) electrons. The first-order valence-electron chi connectivity index (χ1n) is 20.0. The highest BCUT2D eigenvalue weighted by Gasteiger charge is 2.70. The van der Waals surface area contributed by atoms with Crippen LogP contribution in [-0.2, 0) is 44.6 Å². The van der Waals surface area contributed by atoms with Crippen LogP contribution in [0.3, 0.4) is 0 Å². The van der Waals surface area contributed by atoms with Gasteiger partial charge in [-0.3, -0.25) is 24.3 Å². The summed E-state index contributed by atoms with van der Waals surface area (Å²) in [5.41, 5.74) is -0.906. The molecule has 308 valence electrons. The number of aliphatic hydroxyl groups is 1. The lowest BCUT2D eigenvalue weighted by Gasteiger charge is -2.54.